The number of hydrogen-bond acceptors (Lipinski definition) is 2. The molecule has 20 heavy (non-hydrogen) atoms. The Kier molecular flexibility index (Phi) is 5.64. The quantitative estimate of drug-likeness (QED) is 0.763. The maximum atomic E-state index is 6.10. The van der Waals surface area contributed by atoms with Crippen LogP contribution in [0, 0.1) is 13.8 Å². The van der Waals surface area contributed by atoms with Crippen molar-refractivity contribution in [2.24, 2.45) is 0 Å². The second-order valence-electron chi connectivity index (χ2n) is 5.21. The van der Waals surface area contributed by atoms with Crippen molar-refractivity contribution in [2.75, 3.05) is 6.54 Å². The van der Waals surface area contributed by atoms with Crippen LogP contribution < -0.4 is 5.32 Å². The Hall–Kier alpha value is -0.830. The molecule has 0 radical (unpaired) electrons. The van der Waals surface area contributed by atoms with Gasteiger partial charge in [-0.15, -0.1) is 11.3 Å². The van der Waals surface area contributed by atoms with Crippen LogP contribution in [0.25, 0.3) is 0 Å². The third kappa shape index (κ3) is 4.08. The Morgan fingerprint density at radius 1 is 1.25 bits per heavy atom. The fraction of sp³-hybridized carbons (Fsp3) is 0.412. The maximum absolute atomic E-state index is 6.10. The lowest BCUT2D eigenvalue weighted by atomic mass is 9.99. The van der Waals surface area contributed by atoms with E-state index in [-0.39, 0.29) is 0 Å². The zero-order valence-electron chi connectivity index (χ0n) is 12.4. The van der Waals surface area contributed by atoms with Crippen LogP contribution in [0.15, 0.2) is 30.3 Å². The highest BCUT2D eigenvalue weighted by molar-refractivity contribution is 7.12. The van der Waals surface area contributed by atoms with Crippen molar-refractivity contribution >= 4 is 22.9 Å². The first-order valence-electron chi connectivity index (χ1n) is 7.15. The second kappa shape index (κ2) is 7.26. The summed E-state index contributed by atoms with van der Waals surface area (Å²) in [6.07, 6.45) is 2.13. The molecule has 0 bridgehead atoms. The minimum Gasteiger partial charge on any atom is -0.310 e. The summed E-state index contributed by atoms with van der Waals surface area (Å²) in [5, 5.41) is 4.49. The van der Waals surface area contributed by atoms with Crippen LogP contribution in [0.2, 0.25) is 5.02 Å². The Labute approximate surface area is 131 Å². The lowest BCUT2D eigenvalue weighted by Crippen LogP contribution is -2.24. The number of thiophene rings is 1. The van der Waals surface area contributed by atoms with Gasteiger partial charge in [0, 0.05) is 20.8 Å². The van der Waals surface area contributed by atoms with E-state index >= 15 is 0 Å². The molecule has 1 aromatic carbocycles. The zero-order chi connectivity index (χ0) is 14.5. The molecule has 0 aliphatic heterocycles. The second-order valence-corrected chi connectivity index (χ2v) is 7.11. The number of rotatable bonds is 6. The van der Waals surface area contributed by atoms with Gasteiger partial charge < -0.3 is 5.32 Å². The van der Waals surface area contributed by atoms with E-state index in [0.717, 1.165) is 24.4 Å². The topological polar surface area (TPSA) is 12.0 Å². The Bertz CT molecular complexity index is 562. The number of halogens is 1. The van der Waals surface area contributed by atoms with Crippen molar-refractivity contribution in [2.45, 2.75) is 39.7 Å². The summed E-state index contributed by atoms with van der Waals surface area (Å²) in [4.78, 5) is 2.80. The summed E-state index contributed by atoms with van der Waals surface area (Å²) in [6, 6.07) is 10.9. The van der Waals surface area contributed by atoms with Gasteiger partial charge in [0.25, 0.3) is 0 Å². The van der Waals surface area contributed by atoms with Crippen LogP contribution in [0.1, 0.15) is 40.3 Å². The van der Waals surface area contributed by atoms with Crippen molar-refractivity contribution < 1.29 is 0 Å². The monoisotopic (exact) mass is 307 g/mol. The van der Waals surface area contributed by atoms with Gasteiger partial charge in [-0.25, -0.2) is 0 Å². The van der Waals surface area contributed by atoms with E-state index in [1.54, 1.807) is 0 Å². The first-order chi connectivity index (χ1) is 9.60. The standard InChI is InChI=1S/C17H22ClNS/c1-4-8-19-17(16-9-12(2)20-13(16)3)11-14-6-5-7-15(18)10-14/h5-7,9-10,17,19H,4,8,11H2,1-3H3. The first-order valence-corrected chi connectivity index (χ1v) is 8.34. The van der Waals surface area contributed by atoms with Gasteiger partial charge in [0.15, 0.2) is 0 Å². The lowest BCUT2D eigenvalue weighted by Gasteiger charge is -2.19. The minimum absolute atomic E-state index is 0.373. The lowest BCUT2D eigenvalue weighted by molar-refractivity contribution is 0.528. The highest BCUT2D eigenvalue weighted by Gasteiger charge is 2.16. The number of nitrogens with one attached hydrogen (secondary N) is 1. The fourth-order valence-corrected chi connectivity index (χ4v) is 3.71. The predicted octanol–water partition coefficient (Wildman–Crippen LogP) is 5.30. The van der Waals surface area contributed by atoms with Gasteiger partial charge >= 0.3 is 0 Å². The van der Waals surface area contributed by atoms with Crippen LogP contribution in [0.4, 0.5) is 0 Å². The summed E-state index contributed by atoms with van der Waals surface area (Å²) in [5.74, 6) is 0. The van der Waals surface area contributed by atoms with Crippen LogP contribution in [0.5, 0.6) is 0 Å². The average molecular weight is 308 g/mol. The molecule has 3 heteroatoms. The Morgan fingerprint density at radius 3 is 2.65 bits per heavy atom. The molecule has 0 amide bonds. The molecular formula is C17H22ClNS. The summed E-state index contributed by atoms with van der Waals surface area (Å²) < 4.78 is 0. The third-order valence-electron chi connectivity index (χ3n) is 3.42. The van der Waals surface area contributed by atoms with Crippen LogP contribution >= 0.6 is 22.9 Å². The van der Waals surface area contributed by atoms with Gasteiger partial charge in [0.2, 0.25) is 0 Å². The van der Waals surface area contributed by atoms with E-state index in [2.05, 4.69) is 44.3 Å². The van der Waals surface area contributed by atoms with Crippen molar-refractivity contribution in [3.63, 3.8) is 0 Å². The summed E-state index contributed by atoms with van der Waals surface area (Å²) in [5.41, 5.74) is 2.72. The molecule has 0 saturated heterocycles. The van der Waals surface area contributed by atoms with E-state index < -0.39 is 0 Å². The van der Waals surface area contributed by atoms with Crippen LogP contribution in [0.3, 0.4) is 0 Å². The Balaban J connectivity index is 2.21. The van der Waals surface area contributed by atoms with Crippen molar-refractivity contribution in [3.05, 3.63) is 56.2 Å². The van der Waals surface area contributed by atoms with Gasteiger partial charge in [0.1, 0.15) is 0 Å². The molecule has 2 aromatic rings. The first kappa shape index (κ1) is 15.6. The molecule has 1 atom stereocenters. The molecule has 1 unspecified atom stereocenters. The van der Waals surface area contributed by atoms with Gasteiger partial charge in [-0.3, -0.25) is 0 Å². The van der Waals surface area contributed by atoms with E-state index in [9.17, 15) is 0 Å². The Morgan fingerprint density at radius 2 is 2.05 bits per heavy atom. The summed E-state index contributed by atoms with van der Waals surface area (Å²) in [6.45, 7) is 7.64. The van der Waals surface area contributed by atoms with E-state index in [1.165, 1.54) is 20.9 Å². The van der Waals surface area contributed by atoms with Crippen molar-refractivity contribution in [1.29, 1.82) is 0 Å². The molecule has 108 valence electrons. The SMILES string of the molecule is CCCNC(Cc1cccc(Cl)c1)c1cc(C)sc1C. The van der Waals surface area contributed by atoms with Gasteiger partial charge in [-0.1, -0.05) is 30.7 Å². The highest BCUT2D eigenvalue weighted by Crippen LogP contribution is 2.29. The minimum atomic E-state index is 0.373. The normalized spacial score (nSPS) is 12.6. The molecular weight excluding hydrogens is 286 g/mol. The average Bonchev–Trinajstić information content (AvgIpc) is 2.73. The smallest absolute Gasteiger partial charge is 0.0408 e. The fourth-order valence-electron chi connectivity index (χ4n) is 2.51. The zero-order valence-corrected chi connectivity index (χ0v) is 13.9. The predicted molar refractivity (Wildman–Crippen MR) is 90.0 cm³/mol. The van der Waals surface area contributed by atoms with Gasteiger partial charge in [0.05, 0.1) is 0 Å². The van der Waals surface area contributed by atoms with Crippen molar-refractivity contribution in [1.82, 2.24) is 5.32 Å². The molecule has 1 heterocycles. The van der Waals surface area contributed by atoms with Crippen molar-refractivity contribution in [3.8, 4) is 0 Å². The van der Waals surface area contributed by atoms with E-state index in [4.69, 9.17) is 11.6 Å². The van der Waals surface area contributed by atoms with E-state index in [1.807, 2.05) is 23.5 Å². The molecule has 0 aliphatic carbocycles. The molecule has 1 aromatic heterocycles. The largest absolute Gasteiger partial charge is 0.310 e. The summed E-state index contributed by atoms with van der Waals surface area (Å²) >= 11 is 7.97. The van der Waals surface area contributed by atoms with Gasteiger partial charge in [-0.2, -0.15) is 0 Å². The van der Waals surface area contributed by atoms with Crippen LogP contribution in [-0.2, 0) is 6.42 Å². The molecule has 2 rings (SSSR count). The molecule has 1 N–H and O–H groups in total. The summed E-state index contributed by atoms with van der Waals surface area (Å²) in [7, 11) is 0. The number of benzene rings is 1. The maximum Gasteiger partial charge on any atom is 0.0408 e. The number of aryl methyl sites for hydroxylation is 2. The third-order valence-corrected chi connectivity index (χ3v) is 4.64. The molecule has 0 fully saturated rings. The van der Waals surface area contributed by atoms with E-state index in [0.29, 0.717) is 6.04 Å². The van der Waals surface area contributed by atoms with Crippen LogP contribution in [-0.4, -0.2) is 6.54 Å². The van der Waals surface area contributed by atoms with Gasteiger partial charge in [-0.05, 0) is 62.6 Å². The molecule has 1 nitrogen and oxygen atoms in total. The molecule has 0 aliphatic rings. The number of hydrogen-bond donors (Lipinski definition) is 1. The molecule has 0 saturated carbocycles. The molecule has 0 spiro atoms. The highest BCUT2D eigenvalue weighted by atomic mass is 35.5.